The lowest BCUT2D eigenvalue weighted by molar-refractivity contribution is 0.678. The summed E-state index contributed by atoms with van der Waals surface area (Å²) in [5, 5.41) is 5.30. The van der Waals surface area contributed by atoms with Gasteiger partial charge >= 0.3 is 0 Å². The Bertz CT molecular complexity index is 233. The van der Waals surface area contributed by atoms with Gasteiger partial charge in [0.1, 0.15) is 0 Å². The van der Waals surface area contributed by atoms with Crippen molar-refractivity contribution < 1.29 is 4.21 Å². The van der Waals surface area contributed by atoms with E-state index in [9.17, 15) is 4.21 Å². The SMILES string of the molecule is CS(=O)CCNCc1cccs1. The normalized spacial score (nSPS) is 13.1. The number of hydrogen-bond acceptors (Lipinski definition) is 3. The highest BCUT2D eigenvalue weighted by molar-refractivity contribution is 7.84. The maximum Gasteiger partial charge on any atom is 0.0357 e. The molecule has 0 aliphatic carbocycles. The van der Waals surface area contributed by atoms with Gasteiger partial charge in [-0.3, -0.25) is 4.21 Å². The maximum atomic E-state index is 10.7. The Kier molecular flexibility index (Phi) is 4.50. The van der Waals surface area contributed by atoms with Crippen LogP contribution in [-0.4, -0.2) is 22.8 Å². The second kappa shape index (κ2) is 5.45. The van der Waals surface area contributed by atoms with Gasteiger partial charge in [0.15, 0.2) is 0 Å². The van der Waals surface area contributed by atoms with Crippen LogP contribution in [0.3, 0.4) is 0 Å². The van der Waals surface area contributed by atoms with Crippen molar-refractivity contribution in [3.8, 4) is 0 Å². The van der Waals surface area contributed by atoms with Gasteiger partial charge in [0.2, 0.25) is 0 Å². The summed E-state index contributed by atoms with van der Waals surface area (Å²) in [5.74, 6) is 0.741. The molecule has 0 aromatic carbocycles. The van der Waals surface area contributed by atoms with Crippen molar-refractivity contribution in [1.82, 2.24) is 5.32 Å². The molecule has 0 radical (unpaired) electrons. The molecule has 0 amide bonds. The Morgan fingerprint density at radius 2 is 2.50 bits per heavy atom. The third-order valence-corrected chi connectivity index (χ3v) is 3.10. The number of hydrogen-bond donors (Lipinski definition) is 1. The highest BCUT2D eigenvalue weighted by Gasteiger charge is 1.93. The average molecular weight is 203 g/mol. The predicted molar refractivity (Wildman–Crippen MR) is 55.0 cm³/mol. The monoisotopic (exact) mass is 203 g/mol. The van der Waals surface area contributed by atoms with E-state index in [1.165, 1.54) is 4.88 Å². The Hall–Kier alpha value is -0.190. The molecule has 0 saturated heterocycles. The van der Waals surface area contributed by atoms with Gasteiger partial charge in [-0.05, 0) is 11.4 Å². The molecule has 0 fully saturated rings. The molecule has 1 heterocycles. The minimum Gasteiger partial charge on any atom is -0.311 e. The third kappa shape index (κ3) is 3.99. The van der Waals surface area contributed by atoms with Gasteiger partial charge in [-0.1, -0.05) is 6.07 Å². The number of rotatable bonds is 5. The van der Waals surface area contributed by atoms with E-state index in [1.807, 2.05) is 6.07 Å². The fourth-order valence-electron chi connectivity index (χ4n) is 0.841. The molecule has 4 heteroatoms. The summed E-state index contributed by atoms with van der Waals surface area (Å²) in [4.78, 5) is 1.33. The summed E-state index contributed by atoms with van der Waals surface area (Å²) in [6.07, 6.45) is 1.73. The molecule has 1 rings (SSSR count). The Morgan fingerprint density at radius 3 is 3.08 bits per heavy atom. The van der Waals surface area contributed by atoms with E-state index in [0.717, 1.165) is 18.8 Å². The van der Waals surface area contributed by atoms with Crippen LogP contribution in [0.4, 0.5) is 0 Å². The first-order valence-electron chi connectivity index (χ1n) is 3.82. The lowest BCUT2D eigenvalue weighted by Gasteiger charge is -1.99. The second-order valence-electron chi connectivity index (χ2n) is 2.53. The first-order chi connectivity index (χ1) is 5.79. The molecule has 0 spiro atoms. The zero-order valence-electron chi connectivity index (χ0n) is 7.08. The van der Waals surface area contributed by atoms with Crippen molar-refractivity contribution in [2.24, 2.45) is 0 Å². The van der Waals surface area contributed by atoms with Crippen LogP contribution >= 0.6 is 11.3 Å². The lowest BCUT2D eigenvalue weighted by Crippen LogP contribution is -2.18. The smallest absolute Gasteiger partial charge is 0.0357 e. The van der Waals surface area contributed by atoms with E-state index < -0.39 is 10.8 Å². The first-order valence-corrected chi connectivity index (χ1v) is 6.43. The summed E-state index contributed by atoms with van der Waals surface area (Å²) < 4.78 is 10.7. The molecular formula is C8H13NOS2. The highest BCUT2D eigenvalue weighted by atomic mass is 32.2. The molecule has 68 valence electrons. The van der Waals surface area contributed by atoms with E-state index in [-0.39, 0.29) is 0 Å². The zero-order valence-corrected chi connectivity index (χ0v) is 8.71. The zero-order chi connectivity index (χ0) is 8.81. The van der Waals surface area contributed by atoms with Crippen LogP contribution in [-0.2, 0) is 17.3 Å². The Morgan fingerprint density at radius 1 is 1.67 bits per heavy atom. The van der Waals surface area contributed by atoms with Gasteiger partial charge in [-0.25, -0.2) is 0 Å². The number of nitrogens with one attached hydrogen (secondary N) is 1. The molecule has 1 N–H and O–H groups in total. The molecule has 1 unspecified atom stereocenters. The molecular weight excluding hydrogens is 190 g/mol. The van der Waals surface area contributed by atoms with Crippen molar-refractivity contribution in [2.45, 2.75) is 6.54 Å². The first kappa shape index (κ1) is 9.89. The van der Waals surface area contributed by atoms with E-state index in [2.05, 4.69) is 16.8 Å². The van der Waals surface area contributed by atoms with Crippen LogP contribution in [0.2, 0.25) is 0 Å². The average Bonchev–Trinajstić information content (AvgIpc) is 2.49. The Balaban J connectivity index is 2.07. The summed E-state index contributed by atoms with van der Waals surface area (Å²) in [6, 6.07) is 4.14. The van der Waals surface area contributed by atoms with Crippen LogP contribution in [0.15, 0.2) is 17.5 Å². The summed E-state index contributed by atoms with van der Waals surface area (Å²) in [6.45, 7) is 1.73. The molecule has 1 atom stereocenters. The molecule has 0 aliphatic heterocycles. The molecule has 12 heavy (non-hydrogen) atoms. The molecule has 0 saturated carbocycles. The van der Waals surface area contributed by atoms with Gasteiger partial charge in [-0.2, -0.15) is 0 Å². The van der Waals surface area contributed by atoms with E-state index in [0.29, 0.717) is 0 Å². The summed E-state index contributed by atoms with van der Waals surface area (Å²) in [7, 11) is -0.673. The van der Waals surface area contributed by atoms with Crippen LogP contribution < -0.4 is 5.32 Å². The lowest BCUT2D eigenvalue weighted by atomic mass is 10.4. The Labute approximate surface area is 79.5 Å². The third-order valence-electron chi connectivity index (χ3n) is 1.45. The minimum atomic E-state index is -0.673. The largest absolute Gasteiger partial charge is 0.311 e. The summed E-state index contributed by atoms with van der Waals surface area (Å²) in [5.41, 5.74) is 0. The molecule has 0 aliphatic rings. The molecule has 2 nitrogen and oxygen atoms in total. The van der Waals surface area contributed by atoms with E-state index in [4.69, 9.17) is 0 Å². The fourth-order valence-corrected chi connectivity index (χ4v) is 1.95. The highest BCUT2D eigenvalue weighted by Crippen LogP contribution is 2.06. The van der Waals surface area contributed by atoms with Crippen molar-refractivity contribution in [1.29, 1.82) is 0 Å². The fraction of sp³-hybridized carbons (Fsp3) is 0.500. The second-order valence-corrected chi connectivity index (χ2v) is 5.12. The van der Waals surface area contributed by atoms with Crippen LogP contribution in [0.5, 0.6) is 0 Å². The van der Waals surface area contributed by atoms with Gasteiger partial charge in [-0.15, -0.1) is 11.3 Å². The van der Waals surface area contributed by atoms with Gasteiger partial charge in [0.25, 0.3) is 0 Å². The van der Waals surface area contributed by atoms with Crippen LogP contribution in [0, 0.1) is 0 Å². The maximum absolute atomic E-state index is 10.7. The van der Waals surface area contributed by atoms with Gasteiger partial charge in [0, 0.05) is 40.8 Å². The van der Waals surface area contributed by atoms with Gasteiger partial charge in [0.05, 0.1) is 0 Å². The minimum absolute atomic E-state index is 0.673. The van der Waals surface area contributed by atoms with Crippen molar-refractivity contribution in [3.63, 3.8) is 0 Å². The van der Waals surface area contributed by atoms with E-state index >= 15 is 0 Å². The molecule has 0 bridgehead atoms. The predicted octanol–water partition coefficient (Wildman–Crippen LogP) is 1.22. The topological polar surface area (TPSA) is 29.1 Å². The molecule has 1 aromatic rings. The van der Waals surface area contributed by atoms with Crippen molar-refractivity contribution in [3.05, 3.63) is 22.4 Å². The standard InChI is InChI=1S/C8H13NOS2/c1-12(10)6-4-9-7-8-3-2-5-11-8/h2-3,5,9H,4,6-7H2,1H3. The van der Waals surface area contributed by atoms with Crippen LogP contribution in [0.25, 0.3) is 0 Å². The van der Waals surface area contributed by atoms with Crippen molar-refractivity contribution in [2.75, 3.05) is 18.6 Å². The van der Waals surface area contributed by atoms with Gasteiger partial charge < -0.3 is 5.32 Å². The molecule has 1 aromatic heterocycles. The number of thiophene rings is 1. The van der Waals surface area contributed by atoms with E-state index in [1.54, 1.807) is 17.6 Å². The summed E-state index contributed by atoms with van der Waals surface area (Å²) >= 11 is 1.74. The van der Waals surface area contributed by atoms with Crippen molar-refractivity contribution >= 4 is 22.1 Å². The van der Waals surface area contributed by atoms with Crippen LogP contribution in [0.1, 0.15) is 4.88 Å². The quantitative estimate of drug-likeness (QED) is 0.729.